The number of halogens is 5. The lowest BCUT2D eigenvalue weighted by Crippen LogP contribution is -2.14. The van der Waals surface area contributed by atoms with Crippen LogP contribution in [0.2, 0.25) is 0 Å². The van der Waals surface area contributed by atoms with Crippen molar-refractivity contribution in [1.29, 1.82) is 5.26 Å². The number of hydrogen-bond acceptors (Lipinski definition) is 2. The molecule has 0 atom stereocenters. The van der Waals surface area contributed by atoms with E-state index < -0.39 is 35.1 Å². The molecule has 0 aliphatic heterocycles. The standard InChI is InChI=1S/C9H5F5N2/c1-4-2-5(3-15)16-7(8(10)11)6(4)9(12,13)14/h2,8H,1H3. The van der Waals surface area contributed by atoms with E-state index in [2.05, 4.69) is 4.98 Å². The van der Waals surface area contributed by atoms with Crippen molar-refractivity contribution < 1.29 is 22.0 Å². The zero-order chi connectivity index (χ0) is 12.5. The normalized spacial score (nSPS) is 11.6. The fourth-order valence-corrected chi connectivity index (χ4v) is 1.28. The smallest absolute Gasteiger partial charge is 0.235 e. The Labute approximate surface area is 87.3 Å². The number of nitriles is 1. The van der Waals surface area contributed by atoms with Gasteiger partial charge in [0.25, 0.3) is 6.43 Å². The van der Waals surface area contributed by atoms with Gasteiger partial charge in [0.15, 0.2) is 0 Å². The molecular formula is C9H5F5N2. The van der Waals surface area contributed by atoms with Gasteiger partial charge < -0.3 is 0 Å². The minimum absolute atomic E-state index is 0.436. The molecule has 0 aliphatic carbocycles. The maximum Gasteiger partial charge on any atom is 0.418 e. The van der Waals surface area contributed by atoms with Crippen molar-refractivity contribution in [2.24, 2.45) is 0 Å². The molecule has 0 unspecified atom stereocenters. The van der Waals surface area contributed by atoms with E-state index >= 15 is 0 Å². The molecule has 0 N–H and O–H groups in total. The maximum absolute atomic E-state index is 12.4. The van der Waals surface area contributed by atoms with Gasteiger partial charge in [0.05, 0.1) is 5.56 Å². The van der Waals surface area contributed by atoms with Crippen LogP contribution in [0.3, 0.4) is 0 Å². The third kappa shape index (κ3) is 2.27. The van der Waals surface area contributed by atoms with Crippen LogP contribution in [0.15, 0.2) is 6.07 Å². The van der Waals surface area contributed by atoms with Gasteiger partial charge in [-0.05, 0) is 18.6 Å². The highest BCUT2D eigenvalue weighted by atomic mass is 19.4. The van der Waals surface area contributed by atoms with Gasteiger partial charge in [-0.25, -0.2) is 13.8 Å². The first kappa shape index (κ1) is 12.4. The molecule has 0 saturated carbocycles. The summed E-state index contributed by atoms with van der Waals surface area (Å²) in [6.45, 7) is 1.01. The quantitative estimate of drug-likeness (QED) is 0.702. The fourth-order valence-electron chi connectivity index (χ4n) is 1.28. The third-order valence-corrected chi connectivity index (χ3v) is 1.85. The highest BCUT2D eigenvalue weighted by Crippen LogP contribution is 2.37. The van der Waals surface area contributed by atoms with Gasteiger partial charge in [0.1, 0.15) is 17.5 Å². The van der Waals surface area contributed by atoms with E-state index in [1.807, 2.05) is 0 Å². The largest absolute Gasteiger partial charge is 0.418 e. The van der Waals surface area contributed by atoms with E-state index in [0.717, 1.165) is 13.0 Å². The molecule has 0 bridgehead atoms. The van der Waals surface area contributed by atoms with E-state index in [-0.39, 0.29) is 0 Å². The minimum Gasteiger partial charge on any atom is -0.235 e. The predicted molar refractivity (Wildman–Crippen MR) is 43.6 cm³/mol. The van der Waals surface area contributed by atoms with E-state index in [4.69, 9.17) is 5.26 Å². The van der Waals surface area contributed by atoms with Crippen molar-refractivity contribution >= 4 is 0 Å². The summed E-state index contributed by atoms with van der Waals surface area (Å²) in [5.41, 5.74) is -3.76. The number of aryl methyl sites for hydroxylation is 1. The Morgan fingerprint density at radius 2 is 1.94 bits per heavy atom. The molecule has 2 nitrogen and oxygen atoms in total. The lowest BCUT2D eigenvalue weighted by molar-refractivity contribution is -0.140. The average Bonchev–Trinajstić information content (AvgIpc) is 2.14. The predicted octanol–water partition coefficient (Wildman–Crippen LogP) is 3.22. The molecule has 1 heterocycles. The average molecular weight is 236 g/mol. The SMILES string of the molecule is Cc1cc(C#N)nc(C(F)F)c1C(F)(F)F. The summed E-state index contributed by atoms with van der Waals surface area (Å²) in [6, 6.07) is 2.26. The second-order valence-electron chi connectivity index (χ2n) is 2.99. The second-order valence-corrected chi connectivity index (χ2v) is 2.99. The summed E-state index contributed by atoms with van der Waals surface area (Å²) >= 11 is 0. The van der Waals surface area contributed by atoms with Crippen LogP contribution < -0.4 is 0 Å². The Hall–Kier alpha value is -1.71. The van der Waals surface area contributed by atoms with Gasteiger partial charge in [0, 0.05) is 0 Å². The van der Waals surface area contributed by atoms with Crippen LogP contribution in [-0.4, -0.2) is 4.98 Å². The lowest BCUT2D eigenvalue weighted by atomic mass is 10.1. The lowest BCUT2D eigenvalue weighted by Gasteiger charge is -2.14. The van der Waals surface area contributed by atoms with Crippen LogP contribution in [0.25, 0.3) is 0 Å². The summed E-state index contributed by atoms with van der Waals surface area (Å²) in [7, 11) is 0. The second kappa shape index (κ2) is 4.04. The number of rotatable bonds is 1. The number of aromatic nitrogens is 1. The van der Waals surface area contributed by atoms with Crippen molar-refractivity contribution in [3.05, 3.63) is 28.6 Å². The highest BCUT2D eigenvalue weighted by Gasteiger charge is 2.38. The summed E-state index contributed by atoms with van der Waals surface area (Å²) in [5.74, 6) is 0. The van der Waals surface area contributed by atoms with E-state index in [0.29, 0.717) is 0 Å². The third-order valence-electron chi connectivity index (χ3n) is 1.85. The number of pyridine rings is 1. The van der Waals surface area contributed by atoms with Crippen LogP contribution in [0.5, 0.6) is 0 Å². The van der Waals surface area contributed by atoms with Crippen LogP contribution in [0.4, 0.5) is 22.0 Å². The molecule has 0 amide bonds. The van der Waals surface area contributed by atoms with Gasteiger partial charge in [-0.3, -0.25) is 0 Å². The molecule has 1 rings (SSSR count). The molecule has 86 valence electrons. The molecule has 16 heavy (non-hydrogen) atoms. The molecule has 0 aliphatic rings. The van der Waals surface area contributed by atoms with Gasteiger partial charge in [0.2, 0.25) is 0 Å². The number of nitrogens with zero attached hydrogens (tertiary/aromatic N) is 2. The fraction of sp³-hybridized carbons (Fsp3) is 0.333. The number of alkyl halides is 5. The van der Waals surface area contributed by atoms with Crippen molar-refractivity contribution in [3.8, 4) is 6.07 Å². The Morgan fingerprint density at radius 3 is 2.31 bits per heavy atom. The van der Waals surface area contributed by atoms with Crippen LogP contribution >= 0.6 is 0 Å². The van der Waals surface area contributed by atoms with E-state index in [1.54, 1.807) is 0 Å². The van der Waals surface area contributed by atoms with Gasteiger partial charge in [-0.15, -0.1) is 0 Å². The van der Waals surface area contributed by atoms with Crippen LogP contribution in [0, 0.1) is 18.3 Å². The first-order chi connectivity index (χ1) is 7.27. The monoisotopic (exact) mass is 236 g/mol. The van der Waals surface area contributed by atoms with Gasteiger partial charge in [-0.2, -0.15) is 18.4 Å². The molecule has 7 heteroatoms. The van der Waals surface area contributed by atoms with Crippen molar-refractivity contribution in [2.45, 2.75) is 19.5 Å². The molecule has 1 aromatic heterocycles. The first-order valence-electron chi connectivity index (χ1n) is 4.04. The van der Waals surface area contributed by atoms with Crippen molar-refractivity contribution in [1.82, 2.24) is 4.98 Å². The zero-order valence-electron chi connectivity index (χ0n) is 7.94. The molecular weight excluding hydrogens is 231 g/mol. The van der Waals surface area contributed by atoms with E-state index in [9.17, 15) is 22.0 Å². The molecule has 0 saturated heterocycles. The van der Waals surface area contributed by atoms with Crippen LogP contribution in [-0.2, 0) is 6.18 Å². The maximum atomic E-state index is 12.4. The molecule has 0 spiro atoms. The summed E-state index contributed by atoms with van der Waals surface area (Å²) in [6.07, 6.45) is -8.28. The first-order valence-corrected chi connectivity index (χ1v) is 4.04. The summed E-state index contributed by atoms with van der Waals surface area (Å²) < 4.78 is 62.1. The van der Waals surface area contributed by atoms with Gasteiger partial charge in [-0.1, -0.05) is 0 Å². The van der Waals surface area contributed by atoms with Gasteiger partial charge >= 0.3 is 6.18 Å². The van der Waals surface area contributed by atoms with E-state index in [1.165, 1.54) is 6.07 Å². The molecule has 0 aromatic carbocycles. The van der Waals surface area contributed by atoms with Crippen LogP contribution in [0.1, 0.15) is 28.9 Å². The summed E-state index contributed by atoms with van der Waals surface area (Å²) in [5, 5.41) is 8.42. The van der Waals surface area contributed by atoms with Crippen molar-refractivity contribution in [2.75, 3.05) is 0 Å². The van der Waals surface area contributed by atoms with Crippen molar-refractivity contribution in [3.63, 3.8) is 0 Å². The highest BCUT2D eigenvalue weighted by molar-refractivity contribution is 5.38. The summed E-state index contributed by atoms with van der Waals surface area (Å²) in [4.78, 5) is 2.99. The Bertz CT molecular complexity index is 444. The minimum atomic E-state index is -4.91. The topological polar surface area (TPSA) is 36.7 Å². The molecule has 0 fully saturated rings. The Balaban J connectivity index is 3.54. The molecule has 0 radical (unpaired) electrons. The Morgan fingerprint density at radius 1 is 1.38 bits per heavy atom. The Kier molecular flexibility index (Phi) is 3.12. The zero-order valence-corrected chi connectivity index (χ0v) is 7.94. The molecule has 1 aromatic rings. The number of hydrogen-bond donors (Lipinski definition) is 0.